The number of carbonyl (C=O) groups excluding carboxylic acids is 1. The van der Waals surface area contributed by atoms with E-state index in [0.29, 0.717) is 12.3 Å². The van der Waals surface area contributed by atoms with Crippen LogP contribution in [0.15, 0.2) is 48.5 Å². The maximum absolute atomic E-state index is 12.6. The van der Waals surface area contributed by atoms with E-state index in [1.54, 1.807) is 0 Å². The molecule has 0 bridgehead atoms. The van der Waals surface area contributed by atoms with Gasteiger partial charge in [-0.2, -0.15) is 0 Å². The molecule has 2 aromatic rings. The van der Waals surface area contributed by atoms with Gasteiger partial charge in [0.1, 0.15) is 0 Å². The molecule has 1 amide bonds. The van der Waals surface area contributed by atoms with E-state index in [-0.39, 0.29) is 11.3 Å². The van der Waals surface area contributed by atoms with Crippen molar-refractivity contribution in [3.8, 4) is 0 Å². The number of halogens is 1. The summed E-state index contributed by atoms with van der Waals surface area (Å²) in [6, 6.07) is 16.2. The van der Waals surface area contributed by atoms with E-state index in [9.17, 15) is 4.79 Å². The van der Waals surface area contributed by atoms with Gasteiger partial charge in [0, 0.05) is 17.7 Å². The number of para-hydroxylation sites is 2. The average Bonchev–Trinajstić information content (AvgIpc) is 2.48. The first-order valence-corrected chi connectivity index (χ1v) is 7.68. The van der Waals surface area contributed by atoms with Crippen molar-refractivity contribution >= 4 is 28.9 Å². The van der Waals surface area contributed by atoms with Crippen LogP contribution in [-0.4, -0.2) is 11.8 Å². The first-order valence-electron chi connectivity index (χ1n) is 7.15. The molecular formula is C18H18ClNO. The van der Waals surface area contributed by atoms with Gasteiger partial charge in [-0.3, -0.25) is 9.69 Å². The predicted molar refractivity (Wildman–Crippen MR) is 87.5 cm³/mol. The van der Waals surface area contributed by atoms with Gasteiger partial charge >= 0.3 is 0 Å². The summed E-state index contributed by atoms with van der Waals surface area (Å²) in [6.45, 7) is 4.40. The number of hydrogen-bond donors (Lipinski definition) is 0. The fourth-order valence-electron chi connectivity index (χ4n) is 3.13. The Bertz CT molecular complexity index is 644. The van der Waals surface area contributed by atoms with Gasteiger partial charge in [-0.1, -0.05) is 50.2 Å². The second-order valence-electron chi connectivity index (χ2n) is 5.83. The normalized spacial score (nSPS) is 15.3. The molecule has 1 aliphatic rings. The quantitative estimate of drug-likeness (QED) is 0.741. The lowest BCUT2D eigenvalue weighted by molar-refractivity contribution is -0.117. The van der Waals surface area contributed by atoms with Crippen LogP contribution in [0.2, 0.25) is 0 Å². The van der Waals surface area contributed by atoms with E-state index < -0.39 is 0 Å². The monoisotopic (exact) mass is 299 g/mol. The van der Waals surface area contributed by atoms with Crippen molar-refractivity contribution in [3.63, 3.8) is 0 Å². The first kappa shape index (κ1) is 14.2. The van der Waals surface area contributed by atoms with Gasteiger partial charge in [-0.05, 0) is 23.3 Å². The molecule has 2 aromatic carbocycles. The summed E-state index contributed by atoms with van der Waals surface area (Å²) >= 11 is 5.78. The van der Waals surface area contributed by atoms with Gasteiger partial charge in [0.25, 0.3) is 0 Å². The second kappa shape index (κ2) is 5.19. The lowest BCUT2D eigenvalue weighted by Gasteiger charge is -2.40. The summed E-state index contributed by atoms with van der Waals surface area (Å²) in [7, 11) is 0. The average molecular weight is 300 g/mol. The number of alkyl halides is 1. The maximum Gasteiger partial charge on any atom is 0.232 e. The van der Waals surface area contributed by atoms with Gasteiger partial charge < -0.3 is 0 Å². The molecule has 0 spiro atoms. The molecule has 1 aliphatic heterocycles. The van der Waals surface area contributed by atoms with Crippen LogP contribution < -0.4 is 4.90 Å². The first-order chi connectivity index (χ1) is 10.1. The Labute approximate surface area is 130 Å². The highest BCUT2D eigenvalue weighted by Crippen LogP contribution is 2.48. The Morgan fingerprint density at radius 1 is 1.00 bits per heavy atom. The van der Waals surface area contributed by atoms with Crippen molar-refractivity contribution in [3.05, 3.63) is 59.7 Å². The SMILES string of the molecule is CC1(C)c2ccccc2N(C(=O)CCCl)c2ccccc21. The summed E-state index contributed by atoms with van der Waals surface area (Å²) in [6.07, 6.45) is 0.338. The Morgan fingerprint density at radius 2 is 1.48 bits per heavy atom. The number of benzene rings is 2. The molecule has 0 fully saturated rings. The molecule has 0 radical (unpaired) electrons. The van der Waals surface area contributed by atoms with E-state index in [4.69, 9.17) is 11.6 Å². The van der Waals surface area contributed by atoms with Crippen LogP contribution in [0.25, 0.3) is 0 Å². The molecule has 3 rings (SSSR count). The Balaban J connectivity index is 2.26. The molecule has 108 valence electrons. The minimum Gasteiger partial charge on any atom is -0.280 e. The molecule has 2 nitrogen and oxygen atoms in total. The fourth-order valence-corrected chi connectivity index (χ4v) is 3.29. The van der Waals surface area contributed by atoms with Crippen molar-refractivity contribution in [1.29, 1.82) is 0 Å². The van der Waals surface area contributed by atoms with Gasteiger partial charge in [-0.15, -0.1) is 11.6 Å². The summed E-state index contributed by atoms with van der Waals surface area (Å²) in [4.78, 5) is 14.4. The van der Waals surface area contributed by atoms with E-state index in [2.05, 4.69) is 26.0 Å². The molecule has 0 aliphatic carbocycles. The minimum absolute atomic E-state index is 0.0420. The van der Waals surface area contributed by atoms with Gasteiger partial charge in [-0.25, -0.2) is 0 Å². The van der Waals surface area contributed by atoms with Crippen molar-refractivity contribution in [1.82, 2.24) is 0 Å². The summed E-state index contributed by atoms with van der Waals surface area (Å²) in [5.74, 6) is 0.378. The summed E-state index contributed by atoms with van der Waals surface area (Å²) in [5.41, 5.74) is 4.16. The van der Waals surface area contributed by atoms with Crippen LogP contribution in [0.4, 0.5) is 11.4 Å². The number of nitrogens with zero attached hydrogens (tertiary/aromatic N) is 1. The van der Waals surface area contributed by atoms with E-state index >= 15 is 0 Å². The number of carbonyl (C=O) groups is 1. The largest absolute Gasteiger partial charge is 0.280 e. The lowest BCUT2D eigenvalue weighted by Crippen LogP contribution is -2.36. The number of hydrogen-bond acceptors (Lipinski definition) is 1. The van der Waals surface area contributed by atoms with Crippen LogP contribution in [0.3, 0.4) is 0 Å². The third-order valence-electron chi connectivity index (χ3n) is 4.19. The third-order valence-corrected chi connectivity index (χ3v) is 4.38. The van der Waals surface area contributed by atoms with Gasteiger partial charge in [0.15, 0.2) is 0 Å². The smallest absolute Gasteiger partial charge is 0.232 e. The molecule has 0 saturated heterocycles. The standard InChI is InChI=1S/C18H18ClNO/c1-18(2)13-7-3-5-9-15(13)20(17(21)11-12-19)16-10-6-4-8-14(16)18/h3-10H,11-12H2,1-2H3. The third kappa shape index (κ3) is 2.14. The van der Waals surface area contributed by atoms with E-state index in [0.717, 1.165) is 11.4 Å². The molecule has 0 aromatic heterocycles. The van der Waals surface area contributed by atoms with Crippen LogP contribution in [0.5, 0.6) is 0 Å². The zero-order valence-electron chi connectivity index (χ0n) is 12.3. The Morgan fingerprint density at radius 3 is 1.95 bits per heavy atom. The van der Waals surface area contributed by atoms with E-state index in [1.165, 1.54) is 11.1 Å². The molecule has 3 heteroatoms. The number of anilines is 2. The lowest BCUT2D eigenvalue weighted by atomic mass is 9.73. The molecule has 21 heavy (non-hydrogen) atoms. The Kier molecular flexibility index (Phi) is 3.50. The number of rotatable bonds is 2. The molecule has 1 heterocycles. The van der Waals surface area contributed by atoms with Crippen molar-refractivity contribution in [2.45, 2.75) is 25.7 Å². The highest BCUT2D eigenvalue weighted by Gasteiger charge is 2.37. The van der Waals surface area contributed by atoms with Crippen molar-refractivity contribution < 1.29 is 4.79 Å². The highest BCUT2D eigenvalue weighted by molar-refractivity contribution is 6.19. The second-order valence-corrected chi connectivity index (χ2v) is 6.21. The molecular weight excluding hydrogens is 282 g/mol. The van der Waals surface area contributed by atoms with Crippen molar-refractivity contribution in [2.75, 3.05) is 10.8 Å². The van der Waals surface area contributed by atoms with Crippen LogP contribution in [0.1, 0.15) is 31.4 Å². The molecule has 0 saturated carbocycles. The summed E-state index contributed by atoms with van der Waals surface area (Å²) < 4.78 is 0. The number of amides is 1. The van der Waals surface area contributed by atoms with Crippen LogP contribution in [0, 0.1) is 0 Å². The zero-order chi connectivity index (χ0) is 15.0. The van der Waals surface area contributed by atoms with Gasteiger partial charge in [0.05, 0.1) is 11.4 Å². The van der Waals surface area contributed by atoms with Crippen molar-refractivity contribution in [2.24, 2.45) is 0 Å². The highest BCUT2D eigenvalue weighted by atomic mass is 35.5. The minimum atomic E-state index is -0.120. The molecule has 0 N–H and O–H groups in total. The van der Waals surface area contributed by atoms with Gasteiger partial charge in [0.2, 0.25) is 5.91 Å². The fraction of sp³-hybridized carbons (Fsp3) is 0.278. The zero-order valence-corrected chi connectivity index (χ0v) is 13.0. The molecule has 0 atom stereocenters. The van der Waals surface area contributed by atoms with E-state index in [1.807, 2.05) is 41.3 Å². The Hall–Kier alpha value is -1.80. The topological polar surface area (TPSA) is 20.3 Å². The number of fused-ring (bicyclic) bond motifs is 2. The molecule has 0 unspecified atom stereocenters. The van der Waals surface area contributed by atoms with Crippen LogP contribution >= 0.6 is 11.6 Å². The van der Waals surface area contributed by atoms with Crippen LogP contribution in [-0.2, 0) is 10.2 Å². The summed E-state index contributed by atoms with van der Waals surface area (Å²) in [5, 5.41) is 0. The maximum atomic E-state index is 12.6. The predicted octanol–water partition coefficient (Wildman–Crippen LogP) is 4.62.